The van der Waals surface area contributed by atoms with Crippen LogP contribution in [0.15, 0.2) is 115 Å². The van der Waals surface area contributed by atoms with Crippen LogP contribution in [0.3, 0.4) is 0 Å². The zero-order valence-electron chi connectivity index (χ0n) is 37.9. The summed E-state index contributed by atoms with van der Waals surface area (Å²) in [5.74, 6) is -0.509. The summed E-state index contributed by atoms with van der Waals surface area (Å²) in [6.07, 6.45) is 7.21. The van der Waals surface area contributed by atoms with Crippen molar-refractivity contribution in [2.75, 3.05) is 59.6 Å². The summed E-state index contributed by atoms with van der Waals surface area (Å²) in [5.41, 5.74) is 3.87. The van der Waals surface area contributed by atoms with Crippen LogP contribution in [0.4, 0.5) is 22.0 Å². The van der Waals surface area contributed by atoms with Crippen molar-refractivity contribution in [2.45, 2.75) is 86.6 Å². The maximum Gasteiger partial charge on any atom is 0.270 e. The quantitative estimate of drug-likeness (QED) is 0.0736. The number of ether oxygens (including phenoxy) is 2. The SMILES string of the molecule is C=C/C(=C\C(=C/COc1ccc(C)cc1)C(F)F)CN(CCC)CCC(C)C.C=CCC.C=O.CF.Cc1ccc(Oc2cc(CN3CCNCC3)cc(C(C)(F)F)c2)cc1. The Labute approximate surface area is 364 Å². The summed E-state index contributed by atoms with van der Waals surface area (Å²) in [6, 6.07) is 20.0. The number of alkyl halides is 5. The average Bonchev–Trinajstić information content (AvgIpc) is 3.25. The van der Waals surface area contributed by atoms with Gasteiger partial charge in [-0.2, -0.15) is 0 Å². The van der Waals surface area contributed by atoms with Crippen molar-refractivity contribution in [3.8, 4) is 17.2 Å². The first kappa shape index (κ1) is 56.4. The lowest BCUT2D eigenvalue weighted by molar-refractivity contribution is -0.0980. The smallest absolute Gasteiger partial charge is 0.270 e. The Hall–Kier alpha value is -4.58. The normalized spacial score (nSPS) is 13.0. The number of hydrogen-bond donors (Lipinski definition) is 1. The molecule has 0 aliphatic carbocycles. The minimum atomic E-state index is -2.90. The van der Waals surface area contributed by atoms with E-state index in [1.807, 2.05) is 81.3 Å². The Morgan fingerprint density at radius 2 is 1.44 bits per heavy atom. The second-order valence-corrected chi connectivity index (χ2v) is 14.9. The molecule has 0 aromatic heterocycles. The molecule has 0 bridgehead atoms. The van der Waals surface area contributed by atoms with E-state index in [9.17, 15) is 22.0 Å². The first-order chi connectivity index (χ1) is 29.2. The molecule has 0 unspecified atom stereocenters. The van der Waals surface area contributed by atoms with Crippen molar-refractivity contribution in [1.82, 2.24) is 15.1 Å². The Balaban J connectivity index is 0.00000101. The molecule has 0 atom stereocenters. The third kappa shape index (κ3) is 25.7. The highest BCUT2D eigenvalue weighted by Gasteiger charge is 2.26. The Bertz CT molecular complexity index is 1670. The van der Waals surface area contributed by atoms with Gasteiger partial charge in [-0.1, -0.05) is 81.8 Å². The van der Waals surface area contributed by atoms with Crippen molar-refractivity contribution in [3.63, 3.8) is 0 Å². The van der Waals surface area contributed by atoms with Crippen LogP contribution in [0, 0.1) is 19.8 Å². The summed E-state index contributed by atoms with van der Waals surface area (Å²) >= 11 is 0. The predicted molar refractivity (Wildman–Crippen MR) is 245 cm³/mol. The molecule has 1 heterocycles. The molecular formula is C50H72F5N3O3. The van der Waals surface area contributed by atoms with E-state index in [2.05, 4.69) is 56.0 Å². The van der Waals surface area contributed by atoms with E-state index in [0.29, 0.717) is 43.4 Å². The average molecular weight is 858 g/mol. The minimum absolute atomic E-state index is 0.0118. The predicted octanol–water partition coefficient (Wildman–Crippen LogP) is 12.7. The van der Waals surface area contributed by atoms with Gasteiger partial charge in [0.25, 0.3) is 12.3 Å². The number of hydrogen-bond acceptors (Lipinski definition) is 6. The van der Waals surface area contributed by atoms with Crippen molar-refractivity contribution in [1.29, 1.82) is 0 Å². The molecule has 6 nitrogen and oxygen atoms in total. The van der Waals surface area contributed by atoms with Gasteiger partial charge in [-0.15, -0.1) is 6.58 Å². The van der Waals surface area contributed by atoms with Gasteiger partial charge in [-0.05, 0) is 118 Å². The zero-order chi connectivity index (χ0) is 46.2. The third-order valence-corrected chi connectivity index (χ3v) is 9.06. The molecule has 1 aliphatic heterocycles. The number of benzene rings is 3. The molecule has 61 heavy (non-hydrogen) atoms. The molecule has 1 fully saturated rings. The second kappa shape index (κ2) is 33.1. The topological polar surface area (TPSA) is 54.0 Å². The summed E-state index contributed by atoms with van der Waals surface area (Å²) in [5, 5.41) is 3.30. The van der Waals surface area contributed by atoms with E-state index in [1.54, 1.807) is 18.2 Å². The van der Waals surface area contributed by atoms with Crippen LogP contribution in [-0.4, -0.2) is 82.6 Å². The van der Waals surface area contributed by atoms with Crippen LogP contribution < -0.4 is 14.8 Å². The number of rotatable bonds is 19. The molecule has 0 radical (unpaired) electrons. The molecule has 0 amide bonds. The molecule has 11 heteroatoms. The number of allylic oxidation sites excluding steroid dienone is 3. The largest absolute Gasteiger partial charge is 0.490 e. The number of carbonyl (C=O) groups excluding carboxylic acids is 1. The molecule has 0 saturated carbocycles. The Morgan fingerprint density at radius 3 is 1.92 bits per heavy atom. The fourth-order valence-corrected chi connectivity index (χ4v) is 5.68. The maximum absolute atomic E-state index is 13.9. The highest BCUT2D eigenvalue weighted by molar-refractivity contribution is 5.40. The number of aryl methyl sites for hydroxylation is 2. The van der Waals surface area contributed by atoms with Crippen molar-refractivity contribution in [2.24, 2.45) is 5.92 Å². The molecule has 1 N–H and O–H groups in total. The van der Waals surface area contributed by atoms with Gasteiger partial charge in [0.2, 0.25) is 0 Å². The Kier molecular flexibility index (Phi) is 30.6. The van der Waals surface area contributed by atoms with E-state index >= 15 is 0 Å². The van der Waals surface area contributed by atoms with E-state index < -0.39 is 12.3 Å². The fraction of sp³-hybridized carbons (Fsp3) is 0.460. The van der Waals surface area contributed by atoms with Crippen LogP contribution in [0.1, 0.15) is 76.1 Å². The molecule has 340 valence electrons. The second-order valence-electron chi connectivity index (χ2n) is 14.9. The highest BCUT2D eigenvalue weighted by atomic mass is 19.3. The molecule has 1 saturated heterocycles. The van der Waals surface area contributed by atoms with Crippen LogP contribution in [0.25, 0.3) is 0 Å². The lowest BCUT2D eigenvalue weighted by atomic mass is 10.0. The van der Waals surface area contributed by atoms with E-state index in [1.165, 1.54) is 12.1 Å². The van der Waals surface area contributed by atoms with E-state index in [0.717, 1.165) is 87.7 Å². The standard InChI is InChI=1S/C24H35F2NO.C20H24F2N2O.C4H8.CH3F.CH2O/c1-6-14-27(15-12-19(3)4)18-21(7-2)17-22(24(25)26)13-16-28-23-10-8-20(5)9-11-23;1-15-3-5-18(6-4-15)25-19-12-16(11-17(13-19)20(2,21)22)14-24-9-7-23-8-10-24;1-3-4-2;2*1-2/h7-11,13,17,19,24H,2,6,12,14-16,18H2,1,3-5H3;3-6,11-13,23H,7-10,14H2,1-2H3;3H,1,4H2,2H3;1H3;1H2/b21-17+,22-13+;;;;. The van der Waals surface area contributed by atoms with Gasteiger partial charge in [0.15, 0.2) is 0 Å². The fourth-order valence-electron chi connectivity index (χ4n) is 5.68. The first-order valence-electron chi connectivity index (χ1n) is 20.9. The van der Waals surface area contributed by atoms with Crippen LogP contribution in [-0.2, 0) is 17.3 Å². The number of nitrogens with one attached hydrogen (secondary N) is 1. The van der Waals surface area contributed by atoms with Crippen molar-refractivity contribution in [3.05, 3.63) is 138 Å². The van der Waals surface area contributed by atoms with Crippen LogP contribution in [0.2, 0.25) is 0 Å². The van der Waals surface area contributed by atoms with Gasteiger partial charge < -0.3 is 19.6 Å². The summed E-state index contributed by atoms with van der Waals surface area (Å²) in [4.78, 5) is 12.6. The van der Waals surface area contributed by atoms with Crippen molar-refractivity contribution < 1.29 is 36.2 Å². The molecular weight excluding hydrogens is 786 g/mol. The van der Waals surface area contributed by atoms with Crippen LogP contribution >= 0.6 is 0 Å². The monoisotopic (exact) mass is 858 g/mol. The Morgan fingerprint density at radius 1 is 0.885 bits per heavy atom. The van der Waals surface area contributed by atoms with Gasteiger partial charge in [-0.3, -0.25) is 14.2 Å². The van der Waals surface area contributed by atoms with Crippen LogP contribution in [0.5, 0.6) is 17.2 Å². The zero-order valence-corrected chi connectivity index (χ0v) is 37.9. The number of piperazine rings is 1. The first-order valence-corrected chi connectivity index (χ1v) is 20.9. The summed E-state index contributed by atoms with van der Waals surface area (Å²) in [7, 11) is 0.500. The van der Waals surface area contributed by atoms with Gasteiger partial charge in [0.1, 0.15) is 30.6 Å². The number of halogens is 5. The highest BCUT2D eigenvalue weighted by Crippen LogP contribution is 2.33. The van der Waals surface area contributed by atoms with Gasteiger partial charge in [-0.25, -0.2) is 17.6 Å². The number of nitrogens with zero attached hydrogens (tertiary/aromatic N) is 2. The molecule has 0 spiro atoms. The van der Waals surface area contributed by atoms with E-state index in [-0.39, 0.29) is 17.7 Å². The molecule has 3 aromatic rings. The maximum atomic E-state index is 13.9. The molecule has 4 rings (SSSR count). The van der Waals surface area contributed by atoms with E-state index in [4.69, 9.17) is 14.3 Å². The summed E-state index contributed by atoms with van der Waals surface area (Å²) in [6.45, 7) is 29.8. The lowest BCUT2D eigenvalue weighted by Crippen LogP contribution is -2.42. The molecule has 3 aromatic carbocycles. The van der Waals surface area contributed by atoms with Crippen molar-refractivity contribution >= 4 is 6.79 Å². The lowest BCUT2D eigenvalue weighted by Gasteiger charge is -2.27. The van der Waals surface area contributed by atoms with Gasteiger partial charge in [0.05, 0.1) is 7.18 Å². The number of carbonyl (C=O) groups is 1. The molecule has 1 aliphatic rings. The van der Waals surface area contributed by atoms with Gasteiger partial charge in [0, 0.05) is 57.3 Å². The minimum Gasteiger partial charge on any atom is -0.490 e. The van der Waals surface area contributed by atoms with Gasteiger partial charge >= 0.3 is 0 Å². The third-order valence-electron chi connectivity index (χ3n) is 9.06. The summed E-state index contributed by atoms with van der Waals surface area (Å²) < 4.78 is 75.7.